The van der Waals surface area contributed by atoms with Gasteiger partial charge in [0.15, 0.2) is 0 Å². The highest BCUT2D eigenvalue weighted by Gasteiger charge is 2.39. The van der Waals surface area contributed by atoms with E-state index in [9.17, 15) is 21.6 Å². The number of nitrogens with zero attached hydrogens (tertiary/aromatic N) is 1. The SMILES string of the molecule is Cc1c(C(F)(F)F)cccc1S(=O)(=O)N1CC(O)C1. The van der Waals surface area contributed by atoms with Gasteiger partial charge in [-0.2, -0.15) is 17.5 Å². The van der Waals surface area contributed by atoms with Crippen LogP contribution in [0, 0.1) is 6.92 Å². The highest BCUT2D eigenvalue weighted by Crippen LogP contribution is 2.35. The quantitative estimate of drug-likeness (QED) is 0.897. The molecule has 0 amide bonds. The molecule has 0 unspecified atom stereocenters. The van der Waals surface area contributed by atoms with Crippen molar-refractivity contribution in [2.24, 2.45) is 0 Å². The predicted molar refractivity (Wildman–Crippen MR) is 60.9 cm³/mol. The molecule has 1 aromatic rings. The summed E-state index contributed by atoms with van der Waals surface area (Å²) in [5.74, 6) is 0. The Morgan fingerprint density at radius 3 is 2.37 bits per heavy atom. The van der Waals surface area contributed by atoms with Crippen molar-refractivity contribution >= 4 is 10.0 Å². The zero-order chi connectivity index (χ0) is 14.4. The predicted octanol–water partition coefficient (Wildman–Crippen LogP) is 1.38. The molecule has 0 aliphatic carbocycles. The number of benzene rings is 1. The molecule has 0 radical (unpaired) electrons. The molecule has 0 aromatic heterocycles. The van der Waals surface area contributed by atoms with Crippen LogP contribution in [0.3, 0.4) is 0 Å². The van der Waals surface area contributed by atoms with Gasteiger partial charge < -0.3 is 5.11 Å². The average Bonchev–Trinajstić information content (AvgIpc) is 2.23. The van der Waals surface area contributed by atoms with Crippen LogP contribution in [0.25, 0.3) is 0 Å². The van der Waals surface area contributed by atoms with Gasteiger partial charge in [-0.3, -0.25) is 0 Å². The van der Waals surface area contributed by atoms with Crippen LogP contribution in [0.1, 0.15) is 11.1 Å². The molecule has 19 heavy (non-hydrogen) atoms. The van der Waals surface area contributed by atoms with E-state index in [0.717, 1.165) is 29.4 Å². The summed E-state index contributed by atoms with van der Waals surface area (Å²) in [5.41, 5.74) is -1.29. The Bertz CT molecular complexity index is 592. The third-order valence-corrected chi connectivity index (χ3v) is 5.01. The number of aliphatic hydroxyl groups is 1. The Hall–Kier alpha value is -1.12. The molecule has 0 bridgehead atoms. The smallest absolute Gasteiger partial charge is 0.390 e. The van der Waals surface area contributed by atoms with Gasteiger partial charge in [0.25, 0.3) is 0 Å². The number of β-amino-alcohol motifs (C(OH)–C–C–N with tert-alkyl or cyclic N) is 1. The zero-order valence-electron chi connectivity index (χ0n) is 9.98. The van der Waals surface area contributed by atoms with Gasteiger partial charge in [-0.25, -0.2) is 8.42 Å². The maximum absolute atomic E-state index is 12.7. The minimum absolute atomic E-state index is 0.0853. The Morgan fingerprint density at radius 2 is 1.89 bits per heavy atom. The minimum Gasteiger partial charge on any atom is -0.390 e. The van der Waals surface area contributed by atoms with Crippen LogP contribution in [0.4, 0.5) is 13.2 Å². The topological polar surface area (TPSA) is 57.6 Å². The summed E-state index contributed by atoms with van der Waals surface area (Å²) in [7, 11) is -3.98. The normalized spacial score (nSPS) is 18.4. The molecule has 0 atom stereocenters. The van der Waals surface area contributed by atoms with Gasteiger partial charge >= 0.3 is 6.18 Å². The molecule has 0 saturated carbocycles. The molecule has 4 nitrogen and oxygen atoms in total. The molecule has 1 fully saturated rings. The Balaban J connectivity index is 2.47. The van der Waals surface area contributed by atoms with E-state index in [1.165, 1.54) is 0 Å². The summed E-state index contributed by atoms with van der Waals surface area (Å²) in [6, 6.07) is 3.06. The molecule has 106 valence electrons. The van der Waals surface area contributed by atoms with E-state index in [0.29, 0.717) is 0 Å². The van der Waals surface area contributed by atoms with Crippen LogP contribution < -0.4 is 0 Å². The molecule has 0 spiro atoms. The summed E-state index contributed by atoms with van der Waals surface area (Å²) < 4.78 is 63.4. The van der Waals surface area contributed by atoms with E-state index in [1.54, 1.807) is 0 Å². The molecule has 2 rings (SSSR count). The number of halogens is 3. The van der Waals surface area contributed by atoms with Crippen molar-refractivity contribution in [3.63, 3.8) is 0 Å². The molecule has 1 saturated heterocycles. The van der Waals surface area contributed by atoms with E-state index in [1.807, 2.05) is 0 Å². The van der Waals surface area contributed by atoms with Crippen LogP contribution in [0.15, 0.2) is 23.1 Å². The van der Waals surface area contributed by atoms with E-state index in [2.05, 4.69) is 0 Å². The third-order valence-electron chi connectivity index (χ3n) is 3.04. The first kappa shape index (κ1) is 14.3. The monoisotopic (exact) mass is 295 g/mol. The number of aliphatic hydroxyl groups excluding tert-OH is 1. The standard InChI is InChI=1S/C11H12F3NO3S/c1-7-9(11(12,13)14)3-2-4-10(7)19(17,18)15-5-8(16)6-15/h2-4,8,16H,5-6H2,1H3. The van der Waals surface area contributed by atoms with E-state index in [-0.39, 0.29) is 23.5 Å². The lowest BCUT2D eigenvalue weighted by molar-refractivity contribution is -0.138. The summed E-state index contributed by atoms with van der Waals surface area (Å²) in [4.78, 5) is -0.366. The molecule has 8 heteroatoms. The first-order chi connectivity index (χ1) is 8.64. The van der Waals surface area contributed by atoms with E-state index >= 15 is 0 Å². The summed E-state index contributed by atoms with van der Waals surface area (Å²) in [6.45, 7) is 0.960. The Labute approximate surface area is 108 Å². The van der Waals surface area contributed by atoms with Gasteiger partial charge in [0, 0.05) is 13.1 Å². The summed E-state index contributed by atoms with van der Waals surface area (Å²) in [5, 5.41) is 9.10. The second-order valence-electron chi connectivity index (χ2n) is 4.40. The molecular weight excluding hydrogens is 283 g/mol. The first-order valence-corrected chi connectivity index (χ1v) is 6.93. The molecule has 1 heterocycles. The van der Waals surface area contributed by atoms with Crippen molar-refractivity contribution in [2.45, 2.75) is 24.1 Å². The van der Waals surface area contributed by atoms with Crippen molar-refractivity contribution in [2.75, 3.05) is 13.1 Å². The number of rotatable bonds is 2. The average molecular weight is 295 g/mol. The number of hydrogen-bond acceptors (Lipinski definition) is 3. The van der Waals surface area contributed by atoms with Crippen molar-refractivity contribution in [1.29, 1.82) is 0 Å². The fourth-order valence-corrected chi connectivity index (χ4v) is 3.72. The fraction of sp³-hybridized carbons (Fsp3) is 0.455. The van der Waals surface area contributed by atoms with Crippen molar-refractivity contribution < 1.29 is 26.7 Å². The lowest BCUT2D eigenvalue weighted by Crippen LogP contribution is -2.53. The van der Waals surface area contributed by atoms with Gasteiger partial charge in [-0.05, 0) is 24.6 Å². The molecule has 1 N–H and O–H groups in total. The lowest BCUT2D eigenvalue weighted by Gasteiger charge is -2.35. The highest BCUT2D eigenvalue weighted by molar-refractivity contribution is 7.89. The van der Waals surface area contributed by atoms with Crippen LogP contribution in [-0.2, 0) is 16.2 Å². The lowest BCUT2D eigenvalue weighted by atomic mass is 10.1. The highest BCUT2D eigenvalue weighted by atomic mass is 32.2. The molecule has 1 aromatic carbocycles. The third kappa shape index (κ3) is 2.47. The van der Waals surface area contributed by atoms with Crippen LogP contribution in [-0.4, -0.2) is 37.0 Å². The van der Waals surface area contributed by atoms with Gasteiger partial charge in [0.1, 0.15) is 0 Å². The maximum Gasteiger partial charge on any atom is 0.416 e. The second-order valence-corrected chi connectivity index (χ2v) is 6.31. The van der Waals surface area contributed by atoms with Crippen molar-refractivity contribution in [3.8, 4) is 0 Å². The Kier molecular flexibility index (Phi) is 3.36. The van der Waals surface area contributed by atoms with Gasteiger partial charge in [0.2, 0.25) is 10.0 Å². The van der Waals surface area contributed by atoms with Crippen LogP contribution in [0.5, 0.6) is 0 Å². The van der Waals surface area contributed by atoms with Crippen molar-refractivity contribution in [3.05, 3.63) is 29.3 Å². The number of sulfonamides is 1. The molecular formula is C11H12F3NO3S. The fourth-order valence-electron chi connectivity index (χ4n) is 1.95. The summed E-state index contributed by atoms with van der Waals surface area (Å²) >= 11 is 0. The van der Waals surface area contributed by atoms with Crippen molar-refractivity contribution in [1.82, 2.24) is 4.31 Å². The number of alkyl halides is 3. The van der Waals surface area contributed by atoms with Crippen LogP contribution in [0.2, 0.25) is 0 Å². The molecule has 1 aliphatic heterocycles. The zero-order valence-corrected chi connectivity index (χ0v) is 10.8. The van der Waals surface area contributed by atoms with Gasteiger partial charge in [-0.1, -0.05) is 6.07 Å². The maximum atomic E-state index is 12.7. The van der Waals surface area contributed by atoms with Gasteiger partial charge in [-0.15, -0.1) is 0 Å². The van der Waals surface area contributed by atoms with Gasteiger partial charge in [0.05, 0.1) is 16.6 Å². The van der Waals surface area contributed by atoms with E-state index < -0.39 is 27.9 Å². The minimum atomic E-state index is -4.59. The number of hydrogen-bond donors (Lipinski definition) is 1. The first-order valence-electron chi connectivity index (χ1n) is 5.49. The second kappa shape index (κ2) is 4.46. The largest absolute Gasteiger partial charge is 0.416 e. The molecule has 1 aliphatic rings. The Morgan fingerprint density at radius 1 is 1.32 bits per heavy atom. The van der Waals surface area contributed by atoms with Crippen LogP contribution >= 0.6 is 0 Å². The van der Waals surface area contributed by atoms with E-state index in [4.69, 9.17) is 5.11 Å². The summed E-state index contributed by atoms with van der Waals surface area (Å²) in [6.07, 6.45) is -5.34.